The van der Waals surface area contributed by atoms with Crippen LogP contribution in [-0.2, 0) is 20.9 Å². The normalized spacial score (nSPS) is 19.7. The van der Waals surface area contributed by atoms with Crippen molar-refractivity contribution >= 4 is 34.8 Å². The van der Waals surface area contributed by atoms with Gasteiger partial charge in [-0.25, -0.2) is 0 Å². The zero-order chi connectivity index (χ0) is 31.8. The van der Waals surface area contributed by atoms with E-state index in [1.165, 1.54) is 0 Å². The third-order valence-corrected chi connectivity index (χ3v) is 9.21. The maximum Gasteiger partial charge on any atom is 0.180 e. The topological polar surface area (TPSA) is 65.1 Å². The molecular formula is C36H43Cl2NO5. The number of Topliss-reactive ketones (excluding diaryl/α,β-unsaturated/α-hetero) is 2. The maximum absolute atomic E-state index is 14.1. The molecular weight excluding hydrogens is 597 g/mol. The molecule has 0 aromatic heterocycles. The molecule has 0 radical (unpaired) electrons. The monoisotopic (exact) mass is 639 g/mol. The van der Waals surface area contributed by atoms with Crippen molar-refractivity contribution in [1.82, 2.24) is 4.90 Å². The van der Waals surface area contributed by atoms with Crippen LogP contribution < -0.4 is 9.47 Å². The number of benzene rings is 2. The standard InChI is InChI=1S/C36H43Cl2NO5/c1-7-43-30-16-23(15-25(38)34(30)44-21-22-10-8-11-24(37)14-22)31-32-26(17-35(2,3)19-28(32)40)39(12-9-13-42-6)27-18-36(4,5)20-29(41)33(27)31/h8,10-11,14-16,31H,7,9,12-13,17-21H2,1-6H3. The van der Waals surface area contributed by atoms with E-state index in [0.29, 0.717) is 65.3 Å². The summed E-state index contributed by atoms with van der Waals surface area (Å²) in [6, 6.07) is 11.2. The molecule has 5 rings (SSSR count). The van der Waals surface area contributed by atoms with Gasteiger partial charge in [0.15, 0.2) is 23.1 Å². The Balaban J connectivity index is 1.66. The van der Waals surface area contributed by atoms with Crippen LogP contribution in [0.2, 0.25) is 10.0 Å². The van der Waals surface area contributed by atoms with Crippen LogP contribution in [0.1, 0.15) is 83.8 Å². The highest BCUT2D eigenvalue weighted by atomic mass is 35.5. The molecule has 44 heavy (non-hydrogen) atoms. The zero-order valence-corrected chi connectivity index (χ0v) is 28.2. The quantitative estimate of drug-likeness (QED) is 0.242. The van der Waals surface area contributed by atoms with Gasteiger partial charge in [0.05, 0.1) is 11.6 Å². The minimum absolute atomic E-state index is 0.0811. The van der Waals surface area contributed by atoms with Crippen molar-refractivity contribution in [2.75, 3.05) is 26.9 Å². The number of nitrogens with zero attached hydrogens (tertiary/aromatic N) is 1. The van der Waals surface area contributed by atoms with Gasteiger partial charge in [-0.3, -0.25) is 9.59 Å². The van der Waals surface area contributed by atoms with Crippen LogP contribution in [0.4, 0.5) is 0 Å². The highest BCUT2D eigenvalue weighted by molar-refractivity contribution is 6.32. The lowest BCUT2D eigenvalue weighted by atomic mass is 9.63. The van der Waals surface area contributed by atoms with Crippen molar-refractivity contribution in [3.8, 4) is 11.5 Å². The van der Waals surface area contributed by atoms with Crippen molar-refractivity contribution in [1.29, 1.82) is 0 Å². The van der Waals surface area contributed by atoms with E-state index in [2.05, 4.69) is 32.6 Å². The fraction of sp³-hybridized carbons (Fsp3) is 0.500. The Morgan fingerprint density at radius 1 is 0.886 bits per heavy atom. The summed E-state index contributed by atoms with van der Waals surface area (Å²) in [6.07, 6.45) is 3.12. The molecule has 0 saturated heterocycles. The summed E-state index contributed by atoms with van der Waals surface area (Å²) >= 11 is 13.1. The molecule has 1 aliphatic heterocycles. The predicted octanol–water partition coefficient (Wildman–Crippen LogP) is 8.69. The number of carbonyl (C=O) groups excluding carboxylic acids is 2. The molecule has 2 aromatic carbocycles. The molecule has 0 amide bonds. The predicted molar refractivity (Wildman–Crippen MR) is 174 cm³/mol. The first-order valence-electron chi connectivity index (χ1n) is 15.5. The van der Waals surface area contributed by atoms with E-state index in [-0.39, 0.29) is 29.0 Å². The van der Waals surface area contributed by atoms with Gasteiger partial charge in [0.25, 0.3) is 0 Å². The Labute approximate surface area is 271 Å². The summed E-state index contributed by atoms with van der Waals surface area (Å²) < 4.78 is 17.7. The summed E-state index contributed by atoms with van der Waals surface area (Å²) in [7, 11) is 1.70. The molecule has 0 saturated carbocycles. The van der Waals surface area contributed by atoms with Gasteiger partial charge in [-0.05, 0) is 72.4 Å². The maximum atomic E-state index is 14.1. The minimum Gasteiger partial charge on any atom is -0.490 e. The Morgan fingerprint density at radius 3 is 2.09 bits per heavy atom. The molecule has 0 bridgehead atoms. The van der Waals surface area contributed by atoms with Crippen molar-refractivity contribution in [2.45, 2.75) is 79.2 Å². The van der Waals surface area contributed by atoms with Gasteiger partial charge in [0, 0.05) is 66.6 Å². The van der Waals surface area contributed by atoms with Gasteiger partial charge in [0.2, 0.25) is 0 Å². The van der Waals surface area contributed by atoms with Gasteiger partial charge in [-0.15, -0.1) is 0 Å². The highest BCUT2D eigenvalue weighted by Crippen LogP contribution is 2.55. The van der Waals surface area contributed by atoms with E-state index in [0.717, 1.165) is 41.8 Å². The van der Waals surface area contributed by atoms with Crippen LogP contribution in [0.3, 0.4) is 0 Å². The van der Waals surface area contributed by atoms with Gasteiger partial charge >= 0.3 is 0 Å². The summed E-state index contributed by atoms with van der Waals surface area (Å²) in [5, 5.41) is 0.993. The molecule has 3 aliphatic rings. The van der Waals surface area contributed by atoms with Gasteiger partial charge < -0.3 is 19.1 Å². The summed E-state index contributed by atoms with van der Waals surface area (Å²) in [5.74, 6) is 0.542. The second-order valence-electron chi connectivity index (χ2n) is 13.7. The third kappa shape index (κ3) is 6.73. The number of hydrogen-bond acceptors (Lipinski definition) is 6. The van der Waals surface area contributed by atoms with E-state index in [9.17, 15) is 9.59 Å². The van der Waals surface area contributed by atoms with Crippen molar-refractivity contribution in [3.05, 3.63) is 80.1 Å². The fourth-order valence-electron chi connectivity index (χ4n) is 6.96. The van der Waals surface area contributed by atoms with E-state index >= 15 is 0 Å². The smallest absolute Gasteiger partial charge is 0.180 e. The minimum atomic E-state index is -0.524. The second kappa shape index (κ2) is 12.9. The molecule has 6 nitrogen and oxygen atoms in total. The largest absolute Gasteiger partial charge is 0.490 e. The number of ketones is 2. The number of methoxy groups -OCH3 is 1. The molecule has 0 unspecified atom stereocenters. The average Bonchev–Trinajstić information content (AvgIpc) is 2.92. The molecule has 8 heteroatoms. The van der Waals surface area contributed by atoms with Gasteiger partial charge in [-0.2, -0.15) is 0 Å². The summed E-state index contributed by atoms with van der Waals surface area (Å²) in [4.78, 5) is 30.5. The highest BCUT2D eigenvalue weighted by Gasteiger charge is 2.49. The lowest BCUT2D eigenvalue weighted by Gasteiger charge is -2.49. The number of hydrogen-bond donors (Lipinski definition) is 0. The molecule has 0 atom stereocenters. The van der Waals surface area contributed by atoms with Crippen LogP contribution in [0, 0.1) is 10.8 Å². The lowest BCUT2D eigenvalue weighted by molar-refractivity contribution is -0.119. The molecule has 0 spiro atoms. The Bertz CT molecular complexity index is 1470. The van der Waals surface area contributed by atoms with Crippen molar-refractivity contribution in [2.24, 2.45) is 10.8 Å². The summed E-state index contributed by atoms with van der Waals surface area (Å²) in [6.45, 7) is 12.4. The van der Waals surface area contributed by atoms with Crippen LogP contribution in [-0.4, -0.2) is 43.3 Å². The Morgan fingerprint density at radius 2 is 1.52 bits per heavy atom. The molecule has 0 fully saturated rings. The molecule has 2 aromatic rings. The van der Waals surface area contributed by atoms with Crippen LogP contribution in [0.25, 0.3) is 0 Å². The van der Waals surface area contributed by atoms with E-state index in [1.54, 1.807) is 7.11 Å². The third-order valence-electron chi connectivity index (χ3n) is 8.69. The van der Waals surface area contributed by atoms with E-state index < -0.39 is 5.92 Å². The van der Waals surface area contributed by atoms with E-state index in [4.69, 9.17) is 37.4 Å². The average molecular weight is 641 g/mol. The number of ether oxygens (including phenoxy) is 3. The fourth-order valence-corrected chi connectivity index (χ4v) is 7.44. The molecule has 1 heterocycles. The van der Waals surface area contributed by atoms with Gasteiger partial charge in [-0.1, -0.05) is 63.0 Å². The summed E-state index contributed by atoms with van der Waals surface area (Å²) in [5.41, 5.74) is 4.73. The van der Waals surface area contributed by atoms with Gasteiger partial charge in [0.1, 0.15) is 6.61 Å². The number of rotatable bonds is 10. The Kier molecular flexibility index (Phi) is 9.55. The lowest BCUT2D eigenvalue weighted by Crippen LogP contribution is -2.44. The SMILES string of the molecule is CCOc1cc(C2C3=C(CC(C)(C)CC3=O)N(CCCOC)C3=C2C(=O)CC(C)(C)C3)cc(Cl)c1OCc1cccc(Cl)c1. The first kappa shape index (κ1) is 32.6. The second-order valence-corrected chi connectivity index (χ2v) is 14.6. The van der Waals surface area contributed by atoms with Crippen molar-refractivity contribution < 1.29 is 23.8 Å². The molecule has 236 valence electrons. The number of halogens is 2. The molecule has 2 aliphatic carbocycles. The van der Waals surface area contributed by atoms with Crippen LogP contribution in [0.15, 0.2) is 58.9 Å². The first-order chi connectivity index (χ1) is 20.8. The van der Waals surface area contributed by atoms with Crippen LogP contribution in [0.5, 0.6) is 11.5 Å². The number of carbonyl (C=O) groups is 2. The van der Waals surface area contributed by atoms with Crippen LogP contribution >= 0.6 is 23.2 Å². The van der Waals surface area contributed by atoms with Crippen molar-refractivity contribution in [3.63, 3.8) is 0 Å². The zero-order valence-electron chi connectivity index (χ0n) is 26.6. The number of allylic oxidation sites excluding steroid dienone is 4. The molecule has 0 N–H and O–H groups in total. The first-order valence-corrected chi connectivity index (χ1v) is 16.2. The van der Waals surface area contributed by atoms with E-state index in [1.807, 2.05) is 43.3 Å². The Hall–Kier alpha value is -2.80.